The van der Waals surface area contributed by atoms with Crippen LogP contribution in [-0.2, 0) is 26.8 Å². The number of carboxylic acid groups (broad SMARTS) is 1. The lowest BCUT2D eigenvalue weighted by Crippen LogP contribution is -2.40. The Morgan fingerprint density at radius 1 is 1.03 bits per heavy atom. The summed E-state index contributed by atoms with van der Waals surface area (Å²) in [6.45, 7) is -0.705. The van der Waals surface area contributed by atoms with Crippen LogP contribution in [0.5, 0.6) is 5.75 Å². The average Bonchev–Trinajstić information content (AvgIpc) is 3.02. The van der Waals surface area contributed by atoms with E-state index in [2.05, 4.69) is 4.74 Å². The molecule has 0 spiro atoms. The van der Waals surface area contributed by atoms with Gasteiger partial charge in [-0.15, -0.1) is 0 Å². The molecule has 4 aromatic rings. The Bertz CT molecular complexity index is 1710. The molecule has 4 rings (SSSR count). The quantitative estimate of drug-likeness (QED) is 0.410. The zero-order valence-electron chi connectivity index (χ0n) is 18.5. The summed E-state index contributed by atoms with van der Waals surface area (Å²) in [6.07, 6.45) is -5.78. The monoisotopic (exact) mass is 524 g/mol. The van der Waals surface area contributed by atoms with Gasteiger partial charge in [-0.2, -0.15) is 13.2 Å². The van der Waals surface area contributed by atoms with Gasteiger partial charge >= 0.3 is 23.7 Å². The minimum Gasteiger partial charge on any atom is -0.449 e. The molecule has 188 valence electrons. The van der Waals surface area contributed by atoms with E-state index in [-0.39, 0.29) is 16.9 Å². The van der Waals surface area contributed by atoms with E-state index in [1.165, 1.54) is 40.4 Å². The Kier molecular flexibility index (Phi) is 6.04. The first-order valence-corrected chi connectivity index (χ1v) is 10.5. The van der Waals surface area contributed by atoms with E-state index in [0.717, 1.165) is 22.9 Å². The Labute approximate surface area is 203 Å². The fourth-order valence-corrected chi connectivity index (χ4v) is 4.10. The number of hydrogen-bond acceptors (Lipinski definition) is 5. The van der Waals surface area contributed by atoms with E-state index in [4.69, 9.17) is 16.7 Å². The van der Waals surface area contributed by atoms with Crippen LogP contribution in [0.2, 0.25) is 5.02 Å². The molecule has 2 heterocycles. The van der Waals surface area contributed by atoms with Crippen molar-refractivity contribution in [1.82, 2.24) is 18.3 Å². The van der Waals surface area contributed by atoms with Crippen molar-refractivity contribution in [2.75, 3.05) is 0 Å². The van der Waals surface area contributed by atoms with Crippen LogP contribution in [0, 0.1) is 0 Å². The van der Waals surface area contributed by atoms with Gasteiger partial charge in [0, 0.05) is 14.1 Å². The smallest absolute Gasteiger partial charge is 0.449 e. The van der Waals surface area contributed by atoms with E-state index in [9.17, 15) is 32.3 Å². The van der Waals surface area contributed by atoms with E-state index in [1.807, 2.05) is 0 Å². The van der Waals surface area contributed by atoms with Crippen LogP contribution in [0.25, 0.3) is 16.7 Å². The van der Waals surface area contributed by atoms with Crippen molar-refractivity contribution in [3.8, 4) is 11.4 Å². The molecule has 0 aliphatic carbocycles. The summed E-state index contributed by atoms with van der Waals surface area (Å²) in [5.41, 5.74) is -2.82. The van der Waals surface area contributed by atoms with Gasteiger partial charge in [-0.3, -0.25) is 23.1 Å². The molecule has 0 atom stereocenters. The SMILES string of the molecule is Cn1c(=O)n(C)c2cc(-n3cc(OC(=O)O)c(=O)n(Cc4cccc(C(F)(F)F)c4Cl)c3=O)ccc21. The maximum absolute atomic E-state index is 13.3. The molecule has 10 nitrogen and oxygen atoms in total. The van der Waals surface area contributed by atoms with Gasteiger partial charge in [-0.25, -0.2) is 14.4 Å². The van der Waals surface area contributed by atoms with Gasteiger partial charge in [-0.1, -0.05) is 23.7 Å². The summed E-state index contributed by atoms with van der Waals surface area (Å²) in [4.78, 5) is 49.6. The summed E-state index contributed by atoms with van der Waals surface area (Å²) in [6, 6.07) is 7.44. The van der Waals surface area contributed by atoms with E-state index in [0.29, 0.717) is 15.6 Å². The van der Waals surface area contributed by atoms with Crippen molar-refractivity contribution in [3.63, 3.8) is 0 Å². The van der Waals surface area contributed by atoms with E-state index < -0.39 is 46.5 Å². The number of benzene rings is 2. The molecular weight excluding hydrogens is 509 g/mol. The van der Waals surface area contributed by atoms with Gasteiger partial charge in [0.2, 0.25) is 5.75 Å². The van der Waals surface area contributed by atoms with Crippen molar-refractivity contribution in [3.05, 3.63) is 90.1 Å². The lowest BCUT2D eigenvalue weighted by molar-refractivity contribution is -0.137. The molecule has 0 saturated heterocycles. The third-order valence-electron chi connectivity index (χ3n) is 5.58. The molecule has 0 bridgehead atoms. The number of rotatable bonds is 4. The highest BCUT2D eigenvalue weighted by molar-refractivity contribution is 6.32. The number of carbonyl (C=O) groups is 1. The lowest BCUT2D eigenvalue weighted by atomic mass is 10.1. The molecule has 36 heavy (non-hydrogen) atoms. The summed E-state index contributed by atoms with van der Waals surface area (Å²) < 4.78 is 48.5. The minimum atomic E-state index is -4.78. The average molecular weight is 525 g/mol. The predicted molar refractivity (Wildman–Crippen MR) is 122 cm³/mol. The molecular formula is C22H16ClF3N4O6. The van der Waals surface area contributed by atoms with E-state index >= 15 is 0 Å². The molecule has 2 aromatic carbocycles. The van der Waals surface area contributed by atoms with Crippen LogP contribution in [0.4, 0.5) is 18.0 Å². The van der Waals surface area contributed by atoms with Crippen LogP contribution < -0.4 is 21.7 Å². The molecule has 0 aliphatic heterocycles. The summed E-state index contributed by atoms with van der Waals surface area (Å²) in [5.74, 6) is -0.771. The Morgan fingerprint density at radius 2 is 1.69 bits per heavy atom. The topological polar surface area (TPSA) is 117 Å². The number of alkyl halides is 3. The van der Waals surface area contributed by atoms with E-state index in [1.54, 1.807) is 7.05 Å². The normalized spacial score (nSPS) is 11.7. The second kappa shape index (κ2) is 8.75. The number of aryl methyl sites for hydroxylation is 2. The van der Waals surface area contributed by atoms with Crippen molar-refractivity contribution in [2.45, 2.75) is 12.7 Å². The van der Waals surface area contributed by atoms with Crippen molar-refractivity contribution in [1.29, 1.82) is 0 Å². The minimum absolute atomic E-state index is 0.132. The van der Waals surface area contributed by atoms with Crippen molar-refractivity contribution >= 4 is 28.8 Å². The van der Waals surface area contributed by atoms with Gasteiger partial charge in [0.05, 0.1) is 40.0 Å². The number of hydrogen-bond donors (Lipinski definition) is 1. The van der Waals surface area contributed by atoms with Gasteiger partial charge in [0.15, 0.2) is 0 Å². The van der Waals surface area contributed by atoms with Gasteiger partial charge in [-0.05, 0) is 29.8 Å². The summed E-state index contributed by atoms with van der Waals surface area (Å²) in [7, 11) is 3.06. The second-order valence-corrected chi connectivity index (χ2v) is 8.13. The maximum atomic E-state index is 13.3. The number of fused-ring (bicyclic) bond motifs is 1. The number of nitrogens with zero attached hydrogens (tertiary/aromatic N) is 4. The molecule has 2 aromatic heterocycles. The standard InChI is InChI=1S/C22H16ClF3N4O6/c1-27-14-7-6-12(8-15(14)28(2)19(27)32)29-10-16(36-21(34)35)18(31)30(20(29)33)9-11-4-3-5-13(17(11)23)22(24,25)26/h3-8,10H,9H2,1-2H3,(H,34,35). The predicted octanol–water partition coefficient (Wildman–Crippen LogP) is 2.97. The lowest BCUT2D eigenvalue weighted by Gasteiger charge is -2.15. The first-order chi connectivity index (χ1) is 16.8. The zero-order valence-corrected chi connectivity index (χ0v) is 19.3. The Balaban J connectivity index is 1.95. The van der Waals surface area contributed by atoms with Crippen LogP contribution in [0.1, 0.15) is 11.1 Å². The van der Waals surface area contributed by atoms with Crippen LogP contribution in [0.3, 0.4) is 0 Å². The highest BCUT2D eigenvalue weighted by atomic mass is 35.5. The Morgan fingerprint density at radius 3 is 2.33 bits per heavy atom. The first kappa shape index (κ1) is 24.9. The molecule has 14 heteroatoms. The molecule has 0 radical (unpaired) electrons. The van der Waals surface area contributed by atoms with Gasteiger partial charge in [0.25, 0.3) is 5.56 Å². The fraction of sp³-hybridized carbons (Fsp3) is 0.182. The molecule has 0 amide bonds. The van der Waals surface area contributed by atoms with Crippen LogP contribution in [0.15, 0.2) is 57.0 Å². The molecule has 0 aliphatic rings. The number of aromatic nitrogens is 4. The largest absolute Gasteiger partial charge is 0.511 e. The summed E-state index contributed by atoms with van der Waals surface area (Å²) >= 11 is 5.92. The summed E-state index contributed by atoms with van der Waals surface area (Å²) in [5, 5.41) is 8.32. The van der Waals surface area contributed by atoms with Gasteiger partial charge < -0.3 is 9.84 Å². The zero-order chi connectivity index (χ0) is 26.5. The molecule has 0 unspecified atom stereocenters. The van der Waals surface area contributed by atoms with Crippen molar-refractivity contribution in [2.24, 2.45) is 14.1 Å². The number of halogens is 4. The van der Waals surface area contributed by atoms with Crippen molar-refractivity contribution < 1.29 is 27.8 Å². The number of ether oxygens (including phenoxy) is 1. The third-order valence-corrected chi connectivity index (χ3v) is 6.03. The Hall–Kier alpha value is -4.26. The first-order valence-electron chi connectivity index (χ1n) is 10.1. The third kappa shape index (κ3) is 4.17. The highest BCUT2D eigenvalue weighted by Crippen LogP contribution is 2.36. The molecule has 0 saturated carbocycles. The van der Waals surface area contributed by atoms with Crippen LogP contribution in [-0.4, -0.2) is 29.5 Å². The highest BCUT2D eigenvalue weighted by Gasteiger charge is 2.34. The molecule has 1 N–H and O–H groups in total. The second-order valence-electron chi connectivity index (χ2n) is 7.76. The maximum Gasteiger partial charge on any atom is 0.511 e. The number of imidazole rings is 1. The fourth-order valence-electron chi connectivity index (χ4n) is 3.80. The molecule has 0 fully saturated rings. The van der Waals surface area contributed by atoms with Crippen LogP contribution >= 0.6 is 11.6 Å². The van der Waals surface area contributed by atoms with Gasteiger partial charge in [0.1, 0.15) is 0 Å².